The molecule has 0 aromatic heterocycles. The van der Waals surface area contributed by atoms with Crippen LogP contribution in [0.3, 0.4) is 0 Å². The Balaban J connectivity index is 2.09. The largest absolute Gasteiger partial charge is 0.478 e. The molecule has 0 radical (unpaired) electrons. The lowest BCUT2D eigenvalue weighted by molar-refractivity contribution is -0.00195. The Morgan fingerprint density at radius 2 is 1.74 bits per heavy atom. The molecule has 4 heteroatoms. The third-order valence-corrected chi connectivity index (χ3v) is 3.58. The van der Waals surface area contributed by atoms with Crippen LogP contribution < -0.4 is 5.48 Å². The van der Waals surface area contributed by atoms with Crippen LogP contribution in [0.4, 0.5) is 0 Å². The summed E-state index contributed by atoms with van der Waals surface area (Å²) in [6, 6.07) is 16.8. The van der Waals surface area contributed by atoms with E-state index in [1.807, 2.05) is 42.5 Å². The quantitative estimate of drug-likeness (QED) is 0.717. The van der Waals surface area contributed by atoms with Gasteiger partial charge in [-0.2, -0.15) is 5.48 Å². The Bertz CT molecular complexity index is 626. The molecule has 0 aliphatic heterocycles. The lowest BCUT2D eigenvalue weighted by Crippen LogP contribution is -2.25. The molecule has 1 atom stereocenters. The monoisotopic (exact) mass is 313 g/mol. The smallest absolute Gasteiger partial charge is 0.336 e. The molecule has 0 spiro atoms. The zero-order valence-electron chi connectivity index (χ0n) is 13.5. The number of hydrogen-bond acceptors (Lipinski definition) is 3. The molecule has 23 heavy (non-hydrogen) atoms. The van der Waals surface area contributed by atoms with Crippen molar-refractivity contribution in [3.8, 4) is 0 Å². The van der Waals surface area contributed by atoms with Gasteiger partial charge in [0.1, 0.15) is 0 Å². The summed E-state index contributed by atoms with van der Waals surface area (Å²) < 4.78 is 0. The molecule has 0 amide bonds. The second-order valence-corrected chi connectivity index (χ2v) is 5.97. The van der Waals surface area contributed by atoms with Gasteiger partial charge in [0.25, 0.3) is 0 Å². The first-order valence-corrected chi connectivity index (χ1v) is 7.81. The van der Waals surface area contributed by atoms with Crippen molar-refractivity contribution in [1.29, 1.82) is 0 Å². The van der Waals surface area contributed by atoms with Crippen LogP contribution in [0.25, 0.3) is 0 Å². The summed E-state index contributed by atoms with van der Waals surface area (Å²) in [5.41, 5.74) is 5.18. The molecule has 0 aliphatic carbocycles. The number of carboxylic acids is 1. The maximum absolute atomic E-state index is 11.4. The van der Waals surface area contributed by atoms with Crippen LogP contribution >= 0.6 is 0 Å². The van der Waals surface area contributed by atoms with Crippen LogP contribution in [0.1, 0.15) is 47.8 Å². The highest BCUT2D eigenvalue weighted by atomic mass is 16.6. The lowest BCUT2D eigenvalue weighted by Gasteiger charge is -2.22. The van der Waals surface area contributed by atoms with Gasteiger partial charge in [-0.1, -0.05) is 62.4 Å². The van der Waals surface area contributed by atoms with E-state index < -0.39 is 5.97 Å². The highest BCUT2D eigenvalue weighted by Crippen LogP contribution is 2.25. The van der Waals surface area contributed by atoms with E-state index >= 15 is 0 Å². The minimum Gasteiger partial charge on any atom is -0.478 e. The van der Waals surface area contributed by atoms with Crippen molar-refractivity contribution in [2.75, 3.05) is 0 Å². The summed E-state index contributed by atoms with van der Waals surface area (Å²) in [4.78, 5) is 17.1. The van der Waals surface area contributed by atoms with E-state index in [1.54, 1.807) is 12.1 Å². The maximum atomic E-state index is 11.4. The van der Waals surface area contributed by atoms with Crippen LogP contribution in [-0.4, -0.2) is 11.1 Å². The summed E-state index contributed by atoms with van der Waals surface area (Å²) in [5, 5.41) is 9.38. The molecule has 2 rings (SSSR count). The molecule has 0 aliphatic rings. The lowest BCUT2D eigenvalue weighted by atomic mass is 9.94. The topological polar surface area (TPSA) is 58.6 Å². The van der Waals surface area contributed by atoms with Gasteiger partial charge in [-0.3, -0.25) is 4.84 Å². The highest BCUT2D eigenvalue weighted by molar-refractivity contribution is 5.89. The van der Waals surface area contributed by atoms with E-state index in [2.05, 4.69) is 19.3 Å². The van der Waals surface area contributed by atoms with E-state index in [9.17, 15) is 9.90 Å². The third-order valence-electron chi connectivity index (χ3n) is 3.58. The first-order valence-electron chi connectivity index (χ1n) is 7.81. The van der Waals surface area contributed by atoms with Gasteiger partial charge in [-0.25, -0.2) is 4.79 Å². The zero-order chi connectivity index (χ0) is 16.7. The Morgan fingerprint density at radius 3 is 2.39 bits per heavy atom. The highest BCUT2D eigenvalue weighted by Gasteiger charge is 2.19. The van der Waals surface area contributed by atoms with Gasteiger partial charge in [-0.05, 0) is 29.5 Å². The fraction of sp³-hybridized carbons (Fsp3) is 0.316. The van der Waals surface area contributed by atoms with E-state index in [4.69, 9.17) is 4.84 Å². The summed E-state index contributed by atoms with van der Waals surface area (Å²) in [5.74, 6) is -0.506. The summed E-state index contributed by atoms with van der Waals surface area (Å²) >= 11 is 0. The number of nitrogens with one attached hydrogen (secondary N) is 1. The predicted molar refractivity (Wildman–Crippen MR) is 90.0 cm³/mol. The zero-order valence-corrected chi connectivity index (χ0v) is 13.5. The molecule has 4 nitrogen and oxygen atoms in total. The molecule has 2 N–H and O–H groups in total. The minimum atomic E-state index is -0.917. The molecule has 0 fully saturated rings. The fourth-order valence-corrected chi connectivity index (χ4v) is 2.51. The van der Waals surface area contributed by atoms with Gasteiger partial charge in [0.15, 0.2) is 0 Å². The van der Waals surface area contributed by atoms with Crippen LogP contribution in [0.2, 0.25) is 0 Å². The van der Waals surface area contributed by atoms with Crippen molar-refractivity contribution in [2.45, 2.75) is 32.9 Å². The van der Waals surface area contributed by atoms with Crippen LogP contribution in [-0.2, 0) is 11.4 Å². The Hall–Kier alpha value is -2.17. The van der Waals surface area contributed by atoms with Crippen molar-refractivity contribution in [1.82, 2.24) is 5.48 Å². The standard InChI is InChI=1S/C19H23NO3/c1-14(2)12-18(16-10-6-7-11-17(16)19(21)22)20-23-13-15-8-4-3-5-9-15/h3-11,14,18,20H,12-13H2,1-2H3,(H,21,22). The second-order valence-electron chi connectivity index (χ2n) is 5.97. The van der Waals surface area contributed by atoms with Crippen molar-refractivity contribution >= 4 is 5.97 Å². The van der Waals surface area contributed by atoms with Crippen molar-refractivity contribution < 1.29 is 14.7 Å². The fourth-order valence-electron chi connectivity index (χ4n) is 2.51. The Morgan fingerprint density at radius 1 is 1.09 bits per heavy atom. The molecule has 0 bridgehead atoms. The molecular formula is C19H23NO3. The molecule has 1 unspecified atom stereocenters. The van der Waals surface area contributed by atoms with Crippen molar-refractivity contribution in [3.63, 3.8) is 0 Å². The number of hydrogen-bond donors (Lipinski definition) is 2. The molecular weight excluding hydrogens is 290 g/mol. The second kappa shape index (κ2) is 8.46. The Labute approximate surface area is 137 Å². The number of benzene rings is 2. The number of carboxylic acid groups (broad SMARTS) is 1. The molecule has 2 aromatic rings. The van der Waals surface area contributed by atoms with E-state index in [-0.39, 0.29) is 6.04 Å². The molecule has 0 saturated carbocycles. The molecule has 2 aromatic carbocycles. The first-order chi connectivity index (χ1) is 11.1. The van der Waals surface area contributed by atoms with Crippen LogP contribution in [0, 0.1) is 5.92 Å². The van der Waals surface area contributed by atoms with Crippen molar-refractivity contribution in [2.24, 2.45) is 5.92 Å². The third kappa shape index (κ3) is 5.20. The minimum absolute atomic E-state index is 0.161. The van der Waals surface area contributed by atoms with Gasteiger partial charge >= 0.3 is 5.97 Å². The number of rotatable bonds is 8. The van der Waals surface area contributed by atoms with E-state index in [0.717, 1.165) is 17.5 Å². The molecule has 0 heterocycles. The van der Waals surface area contributed by atoms with Crippen LogP contribution in [0.15, 0.2) is 54.6 Å². The molecule has 0 saturated heterocycles. The average Bonchev–Trinajstić information content (AvgIpc) is 2.54. The average molecular weight is 313 g/mol. The normalized spacial score (nSPS) is 12.3. The number of aromatic carboxylic acids is 1. The summed E-state index contributed by atoms with van der Waals surface area (Å²) in [6.45, 7) is 4.65. The van der Waals surface area contributed by atoms with Crippen LogP contribution in [0.5, 0.6) is 0 Å². The number of hydroxylamine groups is 1. The van der Waals surface area contributed by atoms with Gasteiger partial charge < -0.3 is 5.11 Å². The molecule has 122 valence electrons. The predicted octanol–water partition coefficient (Wildman–Crippen LogP) is 4.19. The van der Waals surface area contributed by atoms with Gasteiger partial charge in [0.2, 0.25) is 0 Å². The first kappa shape index (κ1) is 17.2. The van der Waals surface area contributed by atoms with Gasteiger partial charge in [-0.15, -0.1) is 0 Å². The SMILES string of the molecule is CC(C)CC(NOCc1ccccc1)c1ccccc1C(=O)O. The number of carbonyl (C=O) groups is 1. The Kier molecular flexibility index (Phi) is 6.32. The summed E-state index contributed by atoms with van der Waals surface area (Å²) in [7, 11) is 0. The van der Waals surface area contributed by atoms with Crippen molar-refractivity contribution in [3.05, 3.63) is 71.3 Å². The van der Waals surface area contributed by atoms with E-state index in [1.165, 1.54) is 0 Å². The van der Waals surface area contributed by atoms with E-state index in [0.29, 0.717) is 18.1 Å². The van der Waals surface area contributed by atoms with Gasteiger partial charge in [0.05, 0.1) is 18.2 Å². The summed E-state index contributed by atoms with van der Waals surface area (Å²) in [6.07, 6.45) is 0.791. The van der Waals surface area contributed by atoms with Gasteiger partial charge in [0, 0.05) is 0 Å². The maximum Gasteiger partial charge on any atom is 0.336 e.